The van der Waals surface area contributed by atoms with E-state index in [0.717, 1.165) is 23.0 Å². The van der Waals surface area contributed by atoms with Crippen LogP contribution in [0.1, 0.15) is 23.2 Å². The molecule has 1 atom stereocenters. The van der Waals surface area contributed by atoms with Gasteiger partial charge in [-0.2, -0.15) is 0 Å². The molecule has 0 bridgehead atoms. The van der Waals surface area contributed by atoms with Crippen LogP contribution in [0, 0.1) is 0 Å². The molecule has 4 N–H and O–H groups in total. The summed E-state index contributed by atoms with van der Waals surface area (Å²) in [4.78, 5) is 26.2. The quantitative estimate of drug-likeness (QED) is 0.646. The van der Waals surface area contributed by atoms with Crippen molar-refractivity contribution in [1.82, 2.24) is 14.7 Å². The minimum Gasteiger partial charge on any atom is -0.496 e. The predicted molar refractivity (Wildman–Crippen MR) is 91.0 cm³/mol. The molecule has 0 saturated carbocycles. The molecule has 0 radical (unpaired) electrons. The van der Waals surface area contributed by atoms with E-state index >= 15 is 0 Å². The van der Waals surface area contributed by atoms with Gasteiger partial charge in [-0.15, -0.1) is 0 Å². The molecule has 130 valence electrons. The van der Waals surface area contributed by atoms with Gasteiger partial charge in [-0.1, -0.05) is 0 Å². The minimum absolute atomic E-state index is 0.000694. The Bertz CT molecular complexity index is 988. The zero-order valence-electron chi connectivity index (χ0n) is 13.7. The number of hydrogen-bond acceptors (Lipinski definition) is 4. The summed E-state index contributed by atoms with van der Waals surface area (Å²) in [5, 5.41) is 3.69. The molecular formula is C17H18N4O4. The highest BCUT2D eigenvalue weighted by Crippen LogP contribution is 2.37. The van der Waals surface area contributed by atoms with Crippen LogP contribution < -0.4 is 20.5 Å². The fourth-order valence-electron chi connectivity index (χ4n) is 3.28. The lowest BCUT2D eigenvalue weighted by Crippen LogP contribution is -2.30. The average Bonchev–Trinajstić information content (AvgIpc) is 3.28. The lowest BCUT2D eigenvalue weighted by molar-refractivity contribution is -0.119. The summed E-state index contributed by atoms with van der Waals surface area (Å²) < 4.78 is 13.2. The minimum atomic E-state index is -0.555. The van der Waals surface area contributed by atoms with Crippen LogP contribution in [0.15, 0.2) is 24.5 Å². The topological polar surface area (TPSA) is 111 Å². The molecule has 0 spiro atoms. The second-order valence-electron chi connectivity index (χ2n) is 6.06. The van der Waals surface area contributed by atoms with Crippen molar-refractivity contribution in [2.75, 3.05) is 13.7 Å². The van der Waals surface area contributed by atoms with Crippen molar-refractivity contribution >= 4 is 28.4 Å². The number of rotatable bonds is 5. The number of aromatic nitrogens is 2. The average molecular weight is 342 g/mol. The van der Waals surface area contributed by atoms with E-state index in [2.05, 4.69) is 10.3 Å². The first kappa shape index (κ1) is 15.4. The third kappa shape index (κ3) is 2.46. The van der Waals surface area contributed by atoms with Crippen molar-refractivity contribution < 1.29 is 19.1 Å². The number of nitrogens with one attached hydrogen (secondary N) is 2. The second-order valence-corrected chi connectivity index (χ2v) is 6.06. The van der Waals surface area contributed by atoms with E-state index in [1.165, 1.54) is 7.11 Å². The molecule has 4 rings (SSSR count). The zero-order valence-corrected chi connectivity index (χ0v) is 13.7. The number of imidazole rings is 1. The molecule has 1 aromatic carbocycles. The molecule has 2 amide bonds. The summed E-state index contributed by atoms with van der Waals surface area (Å²) in [6.45, 7) is 0.374. The van der Waals surface area contributed by atoms with Gasteiger partial charge in [0.25, 0.3) is 5.91 Å². The van der Waals surface area contributed by atoms with E-state index in [1.807, 2.05) is 10.6 Å². The number of amides is 2. The van der Waals surface area contributed by atoms with Crippen LogP contribution in [0.3, 0.4) is 0 Å². The molecule has 1 saturated heterocycles. The van der Waals surface area contributed by atoms with E-state index in [9.17, 15) is 9.59 Å². The Kier molecular flexibility index (Phi) is 3.52. The summed E-state index contributed by atoms with van der Waals surface area (Å²) >= 11 is 0. The number of nitrogens with two attached hydrogens (primary N) is 1. The maximum Gasteiger partial charge on any atom is 0.252 e. The number of nitrogens with zero attached hydrogens (tertiary/aromatic N) is 1. The lowest BCUT2D eigenvalue weighted by atomic mass is 10.1. The third-order valence-electron chi connectivity index (χ3n) is 4.50. The largest absolute Gasteiger partial charge is 0.496 e. The Morgan fingerprint density at radius 1 is 1.44 bits per heavy atom. The smallest absolute Gasteiger partial charge is 0.252 e. The van der Waals surface area contributed by atoms with E-state index in [4.69, 9.17) is 15.2 Å². The zero-order chi connectivity index (χ0) is 17.6. The van der Waals surface area contributed by atoms with Crippen molar-refractivity contribution in [3.63, 3.8) is 0 Å². The van der Waals surface area contributed by atoms with Gasteiger partial charge in [-0.05, 0) is 18.6 Å². The number of primary amides is 1. The number of carbonyl (C=O) groups is 2. The number of methoxy groups -OCH3 is 1. The maximum absolute atomic E-state index is 11.7. The monoisotopic (exact) mass is 342 g/mol. The first-order chi connectivity index (χ1) is 12.1. The van der Waals surface area contributed by atoms with Crippen LogP contribution in [0.4, 0.5) is 0 Å². The van der Waals surface area contributed by atoms with Crippen molar-refractivity contribution in [3.05, 3.63) is 30.1 Å². The molecule has 1 fully saturated rings. The molecule has 8 heteroatoms. The Hall–Kier alpha value is -3.16. The summed E-state index contributed by atoms with van der Waals surface area (Å²) in [6.07, 6.45) is 4.91. The Balaban J connectivity index is 1.79. The highest BCUT2D eigenvalue weighted by molar-refractivity contribution is 6.03. The summed E-state index contributed by atoms with van der Waals surface area (Å²) in [5.74, 6) is 0.538. The van der Waals surface area contributed by atoms with E-state index in [1.54, 1.807) is 18.3 Å². The number of H-pyrrole nitrogens is 1. The second kappa shape index (κ2) is 5.73. The number of carbonyl (C=O) groups excluding carboxylic acids is 2. The number of fused-ring (bicyclic) bond motifs is 3. The first-order valence-corrected chi connectivity index (χ1v) is 7.99. The lowest BCUT2D eigenvalue weighted by Gasteiger charge is -2.12. The van der Waals surface area contributed by atoms with Gasteiger partial charge >= 0.3 is 0 Å². The van der Waals surface area contributed by atoms with Gasteiger partial charge in [0.2, 0.25) is 5.91 Å². The van der Waals surface area contributed by atoms with Gasteiger partial charge in [0.1, 0.15) is 12.4 Å². The van der Waals surface area contributed by atoms with Gasteiger partial charge in [-0.3, -0.25) is 14.0 Å². The fourth-order valence-corrected chi connectivity index (χ4v) is 3.28. The van der Waals surface area contributed by atoms with Crippen molar-refractivity contribution in [3.8, 4) is 11.5 Å². The fraction of sp³-hybridized carbons (Fsp3) is 0.294. The molecule has 8 nitrogen and oxygen atoms in total. The number of aromatic amines is 1. The maximum atomic E-state index is 11.7. The van der Waals surface area contributed by atoms with Crippen LogP contribution in [0.25, 0.3) is 16.6 Å². The molecule has 1 aliphatic rings. The van der Waals surface area contributed by atoms with Gasteiger partial charge in [-0.25, -0.2) is 0 Å². The normalized spacial score (nSPS) is 17.2. The number of benzene rings is 1. The van der Waals surface area contributed by atoms with Crippen LogP contribution in [-0.4, -0.2) is 41.0 Å². The molecule has 0 aliphatic carbocycles. The molecule has 1 unspecified atom stereocenters. The predicted octanol–water partition coefficient (Wildman–Crippen LogP) is 1.19. The first-order valence-electron chi connectivity index (χ1n) is 7.99. The van der Waals surface area contributed by atoms with Crippen LogP contribution >= 0.6 is 0 Å². The summed E-state index contributed by atoms with van der Waals surface area (Å²) in [5.41, 5.74) is 7.32. The van der Waals surface area contributed by atoms with Crippen molar-refractivity contribution in [2.24, 2.45) is 5.73 Å². The molecule has 3 aromatic rings. The van der Waals surface area contributed by atoms with E-state index < -0.39 is 5.91 Å². The Morgan fingerprint density at radius 3 is 2.96 bits per heavy atom. The number of ether oxygens (including phenoxy) is 2. The van der Waals surface area contributed by atoms with Gasteiger partial charge < -0.3 is 25.5 Å². The van der Waals surface area contributed by atoms with Gasteiger partial charge in [0, 0.05) is 24.2 Å². The van der Waals surface area contributed by atoms with Crippen LogP contribution in [0.2, 0.25) is 0 Å². The highest BCUT2D eigenvalue weighted by Gasteiger charge is 2.24. The van der Waals surface area contributed by atoms with E-state index in [0.29, 0.717) is 30.1 Å². The third-order valence-corrected chi connectivity index (χ3v) is 4.50. The van der Waals surface area contributed by atoms with E-state index in [-0.39, 0.29) is 11.9 Å². The van der Waals surface area contributed by atoms with Gasteiger partial charge in [0.05, 0.1) is 24.2 Å². The van der Waals surface area contributed by atoms with Gasteiger partial charge in [0.15, 0.2) is 11.4 Å². The van der Waals surface area contributed by atoms with Crippen LogP contribution in [-0.2, 0) is 4.79 Å². The molecule has 2 aromatic heterocycles. The SMILES string of the molecule is COc1cc2c(OCC3CCC(=O)N3)c3[nH]ccn3c2cc1C(N)=O. The molecular weight excluding hydrogens is 324 g/mol. The summed E-state index contributed by atoms with van der Waals surface area (Å²) in [6, 6.07) is 3.44. The Morgan fingerprint density at radius 2 is 2.28 bits per heavy atom. The molecule has 25 heavy (non-hydrogen) atoms. The van der Waals surface area contributed by atoms with Crippen LogP contribution in [0.5, 0.6) is 11.5 Å². The van der Waals surface area contributed by atoms with Crippen molar-refractivity contribution in [1.29, 1.82) is 0 Å². The molecule has 1 aliphatic heterocycles. The summed E-state index contributed by atoms with van der Waals surface area (Å²) in [7, 11) is 1.49. The standard InChI is InChI=1S/C17H18N4O4/c1-24-13-7-10-12(6-11(13)16(18)23)21-5-4-19-17(21)15(10)25-8-9-2-3-14(22)20-9/h4-7,9,19H,2-3,8H2,1H3,(H2,18,23)(H,20,22). The Labute approximate surface area is 142 Å². The molecule has 3 heterocycles. The highest BCUT2D eigenvalue weighted by atomic mass is 16.5. The number of hydrogen-bond donors (Lipinski definition) is 3. The van der Waals surface area contributed by atoms with Crippen molar-refractivity contribution in [2.45, 2.75) is 18.9 Å².